The minimum atomic E-state index is -3.12. The Hall–Kier alpha value is -2.88. The second-order valence-electron chi connectivity index (χ2n) is 5.30. The summed E-state index contributed by atoms with van der Waals surface area (Å²) in [6, 6.07) is 7.61. The number of ketones is 1. The van der Waals surface area contributed by atoms with Crippen molar-refractivity contribution in [1.82, 2.24) is 0 Å². The molecule has 0 N–H and O–H groups in total. The van der Waals surface area contributed by atoms with E-state index < -0.39 is 29.9 Å². The first-order valence-corrected chi connectivity index (χ1v) is 8.18. The molecule has 0 unspecified atom stereocenters. The summed E-state index contributed by atoms with van der Waals surface area (Å²) in [5.41, 5.74) is -0.0206. The van der Waals surface area contributed by atoms with Crippen LogP contribution in [0.15, 0.2) is 40.9 Å². The summed E-state index contributed by atoms with van der Waals surface area (Å²) in [7, 11) is 0. The molecule has 2 aromatic carbocycles. The lowest BCUT2D eigenvalue weighted by Gasteiger charge is -2.11. The molecule has 0 aliphatic heterocycles. The Labute approximate surface area is 160 Å². The number of halogens is 3. The Morgan fingerprint density at radius 3 is 2.56 bits per heavy atom. The van der Waals surface area contributed by atoms with E-state index in [-0.39, 0.29) is 27.0 Å². The van der Waals surface area contributed by atoms with Crippen molar-refractivity contribution in [2.45, 2.75) is 13.5 Å². The molecule has 0 saturated carbocycles. The second-order valence-corrected chi connectivity index (χ2v) is 6.16. The molecule has 0 aliphatic carbocycles. The Morgan fingerprint density at radius 2 is 1.93 bits per heavy atom. The summed E-state index contributed by atoms with van der Waals surface area (Å²) in [4.78, 5) is 34.5. The lowest BCUT2D eigenvalue weighted by atomic mass is 10.1. The number of nitro groups is 1. The van der Waals surface area contributed by atoms with Crippen molar-refractivity contribution >= 4 is 33.4 Å². The quantitative estimate of drug-likeness (QED) is 0.274. The van der Waals surface area contributed by atoms with Crippen molar-refractivity contribution in [3.05, 3.63) is 67.7 Å². The minimum absolute atomic E-state index is 0.133. The molecule has 0 fully saturated rings. The van der Waals surface area contributed by atoms with Crippen LogP contribution in [0.3, 0.4) is 0 Å². The van der Waals surface area contributed by atoms with Gasteiger partial charge in [-0.3, -0.25) is 14.9 Å². The lowest BCUT2D eigenvalue weighted by molar-refractivity contribution is -0.385. The van der Waals surface area contributed by atoms with Crippen LogP contribution in [0.2, 0.25) is 0 Å². The lowest BCUT2D eigenvalue weighted by Crippen LogP contribution is -2.16. The predicted octanol–water partition coefficient (Wildman–Crippen LogP) is 4.31. The zero-order valence-corrected chi connectivity index (χ0v) is 15.4. The SMILES string of the molecule is Cc1ccc(OC(F)F)c(C(=O)COC(=O)c2ccc(Br)c([N+](=O)[O-])c2)c1. The van der Waals surface area contributed by atoms with E-state index in [1.807, 2.05) is 0 Å². The van der Waals surface area contributed by atoms with Crippen molar-refractivity contribution < 1.29 is 32.8 Å². The number of hydrogen-bond acceptors (Lipinski definition) is 6. The number of nitrogens with zero attached hydrogens (tertiary/aromatic N) is 1. The van der Waals surface area contributed by atoms with Gasteiger partial charge in [-0.15, -0.1) is 0 Å². The van der Waals surface area contributed by atoms with Gasteiger partial charge in [-0.2, -0.15) is 8.78 Å². The molecule has 0 radical (unpaired) electrons. The zero-order valence-electron chi connectivity index (χ0n) is 13.8. The summed E-state index contributed by atoms with van der Waals surface area (Å²) < 4.78 is 34.2. The number of Topliss-reactive ketones (excluding diaryl/α,β-unsaturated/α-hetero) is 1. The third-order valence-corrected chi connectivity index (χ3v) is 4.03. The van der Waals surface area contributed by atoms with E-state index in [9.17, 15) is 28.5 Å². The van der Waals surface area contributed by atoms with Gasteiger partial charge in [-0.1, -0.05) is 11.6 Å². The van der Waals surface area contributed by atoms with E-state index in [0.29, 0.717) is 5.56 Å². The fraction of sp³-hybridized carbons (Fsp3) is 0.176. The number of rotatable bonds is 7. The van der Waals surface area contributed by atoms with Crippen LogP contribution in [0.4, 0.5) is 14.5 Å². The van der Waals surface area contributed by atoms with E-state index in [1.54, 1.807) is 6.92 Å². The van der Waals surface area contributed by atoms with Gasteiger partial charge in [-0.25, -0.2) is 4.79 Å². The summed E-state index contributed by atoms with van der Waals surface area (Å²) >= 11 is 2.98. The van der Waals surface area contributed by atoms with E-state index in [4.69, 9.17) is 4.74 Å². The summed E-state index contributed by atoms with van der Waals surface area (Å²) in [6.45, 7) is -2.22. The largest absolute Gasteiger partial charge is 0.454 e. The number of ether oxygens (including phenoxy) is 2. The highest BCUT2D eigenvalue weighted by atomic mass is 79.9. The zero-order chi connectivity index (χ0) is 20.1. The first-order chi connectivity index (χ1) is 12.7. The number of carbonyl (C=O) groups is 2. The molecule has 2 rings (SSSR count). The number of carbonyl (C=O) groups excluding carboxylic acids is 2. The first kappa shape index (κ1) is 20.4. The molecular formula is C17H12BrF2NO6. The van der Waals surface area contributed by atoms with Gasteiger partial charge in [0.15, 0.2) is 6.61 Å². The summed E-state index contributed by atoms with van der Waals surface area (Å²) in [5.74, 6) is -2.06. The summed E-state index contributed by atoms with van der Waals surface area (Å²) in [5, 5.41) is 10.9. The molecule has 0 atom stereocenters. The smallest absolute Gasteiger partial charge is 0.387 e. The normalized spacial score (nSPS) is 10.6. The fourth-order valence-electron chi connectivity index (χ4n) is 2.13. The molecule has 10 heteroatoms. The molecule has 0 aliphatic rings. The van der Waals surface area contributed by atoms with E-state index >= 15 is 0 Å². The Morgan fingerprint density at radius 1 is 1.22 bits per heavy atom. The predicted molar refractivity (Wildman–Crippen MR) is 93.2 cm³/mol. The van der Waals surface area contributed by atoms with Gasteiger partial charge in [0, 0.05) is 6.07 Å². The van der Waals surface area contributed by atoms with Crippen LogP contribution in [0, 0.1) is 17.0 Å². The highest BCUT2D eigenvalue weighted by Crippen LogP contribution is 2.26. The van der Waals surface area contributed by atoms with Crippen molar-refractivity contribution in [3.8, 4) is 5.75 Å². The molecule has 0 amide bonds. The van der Waals surface area contributed by atoms with E-state index in [1.165, 1.54) is 30.3 Å². The Kier molecular flexibility index (Phi) is 6.56. The molecule has 0 bridgehead atoms. The third-order valence-electron chi connectivity index (χ3n) is 3.36. The van der Waals surface area contributed by atoms with Crippen LogP contribution in [-0.4, -0.2) is 29.9 Å². The van der Waals surface area contributed by atoms with Crippen LogP contribution < -0.4 is 4.74 Å². The van der Waals surface area contributed by atoms with Crippen LogP contribution in [-0.2, 0) is 4.74 Å². The molecule has 0 heterocycles. The number of esters is 1. The molecule has 0 spiro atoms. The van der Waals surface area contributed by atoms with Gasteiger partial charge in [0.05, 0.1) is 20.5 Å². The number of aryl methyl sites for hydroxylation is 1. The molecule has 0 saturated heterocycles. The maximum absolute atomic E-state index is 12.5. The maximum atomic E-state index is 12.5. The third kappa shape index (κ3) is 5.30. The van der Waals surface area contributed by atoms with Crippen LogP contribution in [0.5, 0.6) is 5.75 Å². The van der Waals surface area contributed by atoms with Gasteiger partial charge in [0.2, 0.25) is 5.78 Å². The molecule has 142 valence electrons. The fourth-order valence-corrected chi connectivity index (χ4v) is 2.52. The monoisotopic (exact) mass is 443 g/mol. The van der Waals surface area contributed by atoms with Crippen molar-refractivity contribution in [3.63, 3.8) is 0 Å². The number of benzene rings is 2. The molecule has 27 heavy (non-hydrogen) atoms. The van der Waals surface area contributed by atoms with E-state index in [2.05, 4.69) is 20.7 Å². The number of hydrogen-bond donors (Lipinski definition) is 0. The van der Waals surface area contributed by atoms with Gasteiger partial charge in [-0.05, 0) is 47.1 Å². The highest BCUT2D eigenvalue weighted by Gasteiger charge is 2.20. The molecule has 2 aromatic rings. The minimum Gasteiger partial charge on any atom is -0.454 e. The van der Waals surface area contributed by atoms with Crippen molar-refractivity contribution in [1.29, 1.82) is 0 Å². The average Bonchev–Trinajstić information content (AvgIpc) is 2.60. The van der Waals surface area contributed by atoms with Crippen LogP contribution >= 0.6 is 15.9 Å². The standard InChI is InChI=1S/C17H12BrF2NO6/c1-9-2-5-15(27-17(19)20)11(6-9)14(22)8-26-16(23)10-3-4-12(18)13(7-10)21(24)25/h2-7,17H,8H2,1H3. The van der Waals surface area contributed by atoms with Crippen molar-refractivity contribution in [2.24, 2.45) is 0 Å². The average molecular weight is 444 g/mol. The van der Waals surface area contributed by atoms with Gasteiger partial charge < -0.3 is 9.47 Å². The van der Waals surface area contributed by atoms with E-state index in [0.717, 1.165) is 6.07 Å². The molecule has 0 aromatic heterocycles. The van der Waals surface area contributed by atoms with Gasteiger partial charge >= 0.3 is 12.6 Å². The molecule has 7 nitrogen and oxygen atoms in total. The maximum Gasteiger partial charge on any atom is 0.387 e. The highest BCUT2D eigenvalue weighted by molar-refractivity contribution is 9.10. The summed E-state index contributed by atoms with van der Waals surface area (Å²) in [6.07, 6.45) is 0. The Balaban J connectivity index is 2.14. The van der Waals surface area contributed by atoms with Crippen molar-refractivity contribution in [2.75, 3.05) is 6.61 Å². The van der Waals surface area contributed by atoms with Gasteiger partial charge in [0.1, 0.15) is 5.75 Å². The Bertz CT molecular complexity index is 903. The molecular weight excluding hydrogens is 432 g/mol. The topological polar surface area (TPSA) is 95.7 Å². The van der Waals surface area contributed by atoms with Crippen LogP contribution in [0.25, 0.3) is 0 Å². The second kappa shape index (κ2) is 8.67. The van der Waals surface area contributed by atoms with Gasteiger partial charge in [0.25, 0.3) is 5.69 Å². The first-order valence-electron chi connectivity index (χ1n) is 7.38. The number of nitro benzene ring substituents is 1. The van der Waals surface area contributed by atoms with Crippen LogP contribution in [0.1, 0.15) is 26.3 Å². The number of alkyl halides is 2.